The lowest BCUT2D eigenvalue weighted by Gasteiger charge is -2.34. The molecule has 0 radical (unpaired) electrons. The molecule has 0 unspecified atom stereocenters. The van der Waals surface area contributed by atoms with E-state index in [1.165, 1.54) is 6.07 Å². The van der Waals surface area contributed by atoms with E-state index in [-0.39, 0.29) is 17.7 Å². The highest BCUT2D eigenvalue weighted by Crippen LogP contribution is 2.38. The smallest absolute Gasteiger partial charge is 0.416 e. The molecule has 3 aromatic rings. The second-order valence-corrected chi connectivity index (χ2v) is 9.79. The number of pyridine rings is 1. The molecular weight excluding hydrogens is 463 g/mol. The number of hydrogen-bond donors (Lipinski definition) is 2. The Labute approximate surface area is 200 Å². The molecule has 2 aromatic heterocycles. The number of ether oxygens (including phenoxy) is 1. The summed E-state index contributed by atoms with van der Waals surface area (Å²) in [4.78, 5) is 14.1. The number of carbonyl (C=O) groups is 1. The number of aryl methyl sites for hydroxylation is 1. The van der Waals surface area contributed by atoms with E-state index in [0.29, 0.717) is 36.3 Å². The number of piperidine rings is 1. The van der Waals surface area contributed by atoms with Gasteiger partial charge in [0.2, 0.25) is 5.95 Å². The van der Waals surface area contributed by atoms with Gasteiger partial charge in [0, 0.05) is 36.5 Å². The van der Waals surface area contributed by atoms with Gasteiger partial charge in [0.1, 0.15) is 11.4 Å². The van der Waals surface area contributed by atoms with Crippen molar-refractivity contribution in [2.45, 2.75) is 58.4 Å². The van der Waals surface area contributed by atoms with E-state index in [2.05, 4.69) is 15.5 Å². The summed E-state index contributed by atoms with van der Waals surface area (Å²) in [5, 5.41) is 22.2. The maximum absolute atomic E-state index is 13.0. The van der Waals surface area contributed by atoms with Gasteiger partial charge in [-0.25, -0.2) is 4.79 Å². The molecule has 1 aromatic carbocycles. The van der Waals surface area contributed by atoms with E-state index in [9.17, 15) is 23.1 Å². The van der Waals surface area contributed by atoms with Crippen LogP contribution < -0.4 is 5.32 Å². The molecule has 188 valence electrons. The number of carbonyl (C=O) groups excluding carboxylic acids is 1. The number of aromatic hydroxyl groups is 1. The van der Waals surface area contributed by atoms with Gasteiger partial charge in [-0.1, -0.05) is 0 Å². The Bertz CT molecular complexity index is 1250. The third-order valence-corrected chi connectivity index (χ3v) is 5.66. The zero-order valence-corrected chi connectivity index (χ0v) is 20.0. The maximum Gasteiger partial charge on any atom is 0.416 e. The van der Waals surface area contributed by atoms with Crippen LogP contribution in [-0.4, -0.2) is 55.4 Å². The number of halogens is 3. The standard InChI is InChI=1S/C24H28F3N5O3/c1-14-10-18(17-8-7-15(11-19(17)33)24(25,26)27)20-29-30-21(32(20)12-14)28-16-6-5-9-31(13-16)22(34)35-23(2,3)4/h7-8,10-12,16,33H,5-6,9,13H2,1-4H3,(H,28,30)/t16-/m1/s1. The van der Waals surface area contributed by atoms with Crippen molar-refractivity contribution in [3.63, 3.8) is 0 Å². The molecule has 0 spiro atoms. The second kappa shape index (κ2) is 8.94. The number of rotatable bonds is 3. The average molecular weight is 492 g/mol. The molecule has 1 amide bonds. The van der Waals surface area contributed by atoms with Crippen molar-refractivity contribution < 1.29 is 27.8 Å². The van der Waals surface area contributed by atoms with Gasteiger partial charge in [-0.3, -0.25) is 4.40 Å². The number of nitrogens with one attached hydrogen (secondary N) is 1. The first-order valence-electron chi connectivity index (χ1n) is 11.3. The van der Waals surface area contributed by atoms with Gasteiger partial charge < -0.3 is 20.1 Å². The van der Waals surface area contributed by atoms with Crippen LogP contribution in [0.4, 0.5) is 23.9 Å². The second-order valence-electron chi connectivity index (χ2n) is 9.79. The number of nitrogens with zero attached hydrogens (tertiary/aromatic N) is 4. The minimum atomic E-state index is -4.56. The molecule has 3 heterocycles. The summed E-state index contributed by atoms with van der Waals surface area (Å²) in [6.45, 7) is 8.33. The summed E-state index contributed by atoms with van der Waals surface area (Å²) >= 11 is 0. The lowest BCUT2D eigenvalue weighted by molar-refractivity contribution is -0.137. The number of anilines is 1. The highest BCUT2D eigenvalue weighted by atomic mass is 19.4. The first-order chi connectivity index (χ1) is 16.3. The topological polar surface area (TPSA) is 92.0 Å². The fraction of sp³-hybridized carbons (Fsp3) is 0.458. The van der Waals surface area contributed by atoms with E-state index >= 15 is 0 Å². The summed E-state index contributed by atoms with van der Waals surface area (Å²) in [5.41, 5.74) is 0.341. The number of phenolic OH excluding ortho intramolecular Hbond substituents is 1. The number of likely N-dealkylation sites (tertiary alicyclic amines) is 1. The van der Waals surface area contributed by atoms with E-state index in [1.54, 1.807) is 21.6 Å². The SMILES string of the molecule is Cc1cc(-c2ccc(C(F)(F)F)cc2O)c2nnc(N[C@@H]3CCCN(C(=O)OC(C)(C)C)C3)n2c1. The van der Waals surface area contributed by atoms with Crippen LogP contribution >= 0.6 is 0 Å². The molecule has 4 rings (SSSR count). The third-order valence-electron chi connectivity index (χ3n) is 5.66. The van der Waals surface area contributed by atoms with Gasteiger partial charge in [0.25, 0.3) is 0 Å². The van der Waals surface area contributed by atoms with Gasteiger partial charge in [-0.2, -0.15) is 13.2 Å². The first kappa shape index (κ1) is 24.6. The van der Waals surface area contributed by atoms with E-state index in [1.807, 2.05) is 27.7 Å². The highest BCUT2D eigenvalue weighted by Gasteiger charge is 2.32. The summed E-state index contributed by atoms with van der Waals surface area (Å²) in [7, 11) is 0. The summed E-state index contributed by atoms with van der Waals surface area (Å²) in [5.74, 6) is -0.0579. The Morgan fingerprint density at radius 1 is 1.17 bits per heavy atom. The monoisotopic (exact) mass is 491 g/mol. The Morgan fingerprint density at radius 3 is 2.57 bits per heavy atom. The van der Waals surface area contributed by atoms with Crippen LogP contribution in [0.3, 0.4) is 0 Å². The molecule has 0 saturated carbocycles. The normalized spacial score (nSPS) is 17.0. The van der Waals surface area contributed by atoms with Gasteiger partial charge >= 0.3 is 12.3 Å². The lowest BCUT2D eigenvalue weighted by Crippen LogP contribution is -2.47. The van der Waals surface area contributed by atoms with Crippen LogP contribution in [0.2, 0.25) is 0 Å². The quantitative estimate of drug-likeness (QED) is 0.521. The fourth-order valence-corrected chi connectivity index (χ4v) is 4.13. The van der Waals surface area contributed by atoms with Crippen molar-refractivity contribution in [3.8, 4) is 16.9 Å². The third kappa shape index (κ3) is 5.44. The lowest BCUT2D eigenvalue weighted by atomic mass is 10.0. The van der Waals surface area contributed by atoms with Gasteiger partial charge in [-0.15, -0.1) is 10.2 Å². The van der Waals surface area contributed by atoms with Crippen LogP contribution in [0.15, 0.2) is 30.5 Å². The van der Waals surface area contributed by atoms with Crippen LogP contribution in [0, 0.1) is 6.92 Å². The van der Waals surface area contributed by atoms with Crippen molar-refractivity contribution in [2.75, 3.05) is 18.4 Å². The fourth-order valence-electron chi connectivity index (χ4n) is 4.13. The maximum atomic E-state index is 13.0. The molecule has 1 saturated heterocycles. The molecule has 1 fully saturated rings. The van der Waals surface area contributed by atoms with Crippen molar-refractivity contribution in [1.29, 1.82) is 0 Å². The van der Waals surface area contributed by atoms with Crippen LogP contribution in [0.1, 0.15) is 44.7 Å². The zero-order valence-electron chi connectivity index (χ0n) is 20.0. The van der Waals surface area contributed by atoms with Gasteiger partial charge in [0.15, 0.2) is 5.65 Å². The Kier molecular flexibility index (Phi) is 6.29. The minimum Gasteiger partial charge on any atom is -0.507 e. The van der Waals surface area contributed by atoms with E-state index in [4.69, 9.17) is 4.74 Å². The van der Waals surface area contributed by atoms with Crippen molar-refractivity contribution in [3.05, 3.63) is 41.6 Å². The minimum absolute atomic E-state index is 0.0906. The van der Waals surface area contributed by atoms with E-state index in [0.717, 1.165) is 24.5 Å². The van der Waals surface area contributed by atoms with E-state index < -0.39 is 23.1 Å². The molecule has 11 heteroatoms. The van der Waals surface area contributed by atoms with Gasteiger partial charge in [-0.05, 0) is 70.4 Å². The zero-order chi connectivity index (χ0) is 25.5. The Morgan fingerprint density at radius 2 is 1.91 bits per heavy atom. The van der Waals surface area contributed by atoms with Crippen molar-refractivity contribution in [2.24, 2.45) is 0 Å². The van der Waals surface area contributed by atoms with Crippen LogP contribution in [-0.2, 0) is 10.9 Å². The first-order valence-corrected chi connectivity index (χ1v) is 11.3. The molecule has 35 heavy (non-hydrogen) atoms. The number of hydrogen-bond acceptors (Lipinski definition) is 6. The molecule has 1 aliphatic heterocycles. The summed E-state index contributed by atoms with van der Waals surface area (Å²) < 4.78 is 46.3. The Hall–Kier alpha value is -3.50. The molecule has 0 aliphatic carbocycles. The van der Waals surface area contributed by atoms with Crippen molar-refractivity contribution >= 4 is 17.7 Å². The Balaban J connectivity index is 1.61. The number of aromatic nitrogens is 3. The molecule has 2 N–H and O–H groups in total. The van der Waals surface area contributed by atoms with Crippen molar-refractivity contribution in [1.82, 2.24) is 19.5 Å². The molecule has 0 bridgehead atoms. The van der Waals surface area contributed by atoms with Crippen LogP contribution in [0.5, 0.6) is 5.75 Å². The van der Waals surface area contributed by atoms with Crippen LogP contribution in [0.25, 0.3) is 16.8 Å². The summed E-state index contributed by atoms with van der Waals surface area (Å²) in [6, 6.07) is 4.51. The predicted octanol–water partition coefficient (Wildman–Crippen LogP) is 5.24. The molecular formula is C24H28F3N5O3. The average Bonchev–Trinajstić information content (AvgIpc) is 3.14. The largest absolute Gasteiger partial charge is 0.507 e. The number of amides is 1. The highest BCUT2D eigenvalue weighted by molar-refractivity contribution is 5.82. The summed E-state index contributed by atoms with van der Waals surface area (Å²) in [6.07, 6.45) is -1.52. The van der Waals surface area contributed by atoms with Gasteiger partial charge in [0.05, 0.1) is 5.56 Å². The number of benzene rings is 1. The number of fused-ring (bicyclic) bond motifs is 1. The number of alkyl halides is 3. The molecule has 8 nitrogen and oxygen atoms in total. The molecule has 1 atom stereocenters. The molecule has 1 aliphatic rings. The number of phenols is 1. The predicted molar refractivity (Wildman–Crippen MR) is 124 cm³/mol.